The lowest BCUT2D eigenvalue weighted by molar-refractivity contribution is -0.135. The fraction of sp³-hybridized carbons (Fsp3) is 0.214. The predicted octanol–water partition coefficient (Wildman–Crippen LogP) is 3.51. The summed E-state index contributed by atoms with van der Waals surface area (Å²) in [6.07, 6.45) is 0.487. The number of fused-ring (bicyclic) bond motifs is 1. The summed E-state index contributed by atoms with van der Waals surface area (Å²) in [5.41, 5.74) is 2.62. The van der Waals surface area contributed by atoms with Gasteiger partial charge in [-0.25, -0.2) is 14.3 Å². The molecular weight excluding hydrogens is 503 g/mol. The highest BCUT2D eigenvalue weighted by atomic mass is 19.1. The number of imide groups is 1. The van der Waals surface area contributed by atoms with E-state index in [4.69, 9.17) is 4.74 Å². The van der Waals surface area contributed by atoms with E-state index < -0.39 is 41.7 Å². The van der Waals surface area contributed by atoms with Crippen LogP contribution in [-0.2, 0) is 14.4 Å². The maximum Gasteiger partial charge on any atom is 0.264 e. The van der Waals surface area contributed by atoms with Crippen LogP contribution in [0.4, 0.5) is 10.1 Å². The first-order valence-electron chi connectivity index (χ1n) is 12.3. The van der Waals surface area contributed by atoms with Crippen molar-refractivity contribution in [2.45, 2.75) is 24.5 Å². The number of amides is 3. The van der Waals surface area contributed by atoms with Crippen molar-refractivity contribution in [1.82, 2.24) is 10.0 Å². The third-order valence-corrected chi connectivity index (χ3v) is 7.00. The number of halogens is 1. The summed E-state index contributed by atoms with van der Waals surface area (Å²) in [4.78, 5) is 40.8. The Morgan fingerprint density at radius 2 is 1.77 bits per heavy atom. The van der Waals surface area contributed by atoms with Gasteiger partial charge in [0, 0.05) is 6.42 Å². The van der Waals surface area contributed by atoms with Gasteiger partial charge in [-0.1, -0.05) is 53.8 Å². The molecule has 196 valence electrons. The molecule has 0 N–H and O–H groups in total. The zero-order valence-corrected chi connectivity index (χ0v) is 20.8. The molecule has 0 spiro atoms. The Morgan fingerprint density at radius 1 is 1.00 bits per heavy atom. The molecule has 0 saturated carbocycles. The Kier molecular flexibility index (Phi) is 6.10. The van der Waals surface area contributed by atoms with Gasteiger partial charge < -0.3 is 4.74 Å². The van der Waals surface area contributed by atoms with Gasteiger partial charge in [-0.15, -0.1) is 0 Å². The number of methoxy groups -OCH3 is 1. The van der Waals surface area contributed by atoms with E-state index in [9.17, 15) is 18.8 Å². The van der Waals surface area contributed by atoms with E-state index in [1.807, 2.05) is 54.6 Å². The molecule has 1 fully saturated rings. The van der Waals surface area contributed by atoms with Gasteiger partial charge in [0.25, 0.3) is 17.7 Å². The smallest absolute Gasteiger partial charge is 0.264 e. The second kappa shape index (κ2) is 9.75. The van der Waals surface area contributed by atoms with Crippen molar-refractivity contribution in [2.75, 3.05) is 18.6 Å². The van der Waals surface area contributed by atoms with Crippen molar-refractivity contribution in [2.24, 2.45) is 15.4 Å². The summed E-state index contributed by atoms with van der Waals surface area (Å²) in [5, 5.41) is 15.2. The minimum atomic E-state index is -1.10. The minimum Gasteiger partial charge on any atom is -0.497 e. The number of anilines is 1. The van der Waals surface area contributed by atoms with Gasteiger partial charge in [-0.05, 0) is 41.5 Å². The fourth-order valence-corrected chi connectivity index (χ4v) is 5.07. The SMILES string of the molecule is COc1ccc([C@H]2CC(c3ccccc3)=NN2C(=O)CN2N=N[C@@H]3C(=O)N(c4cccc(F)c4)C(=O)[C@@H]32)cc1. The van der Waals surface area contributed by atoms with Crippen molar-refractivity contribution in [3.63, 3.8) is 0 Å². The highest BCUT2D eigenvalue weighted by Gasteiger charge is 2.55. The Hall–Kier alpha value is -4.93. The maximum absolute atomic E-state index is 13.8. The van der Waals surface area contributed by atoms with Crippen LogP contribution in [0.3, 0.4) is 0 Å². The molecule has 11 heteroatoms. The molecule has 3 aliphatic rings. The highest BCUT2D eigenvalue weighted by Crippen LogP contribution is 2.36. The molecule has 3 aromatic rings. The highest BCUT2D eigenvalue weighted by molar-refractivity contribution is 6.25. The van der Waals surface area contributed by atoms with Crippen molar-refractivity contribution < 1.29 is 23.5 Å². The Labute approximate surface area is 223 Å². The van der Waals surface area contributed by atoms with Gasteiger partial charge in [0.15, 0.2) is 12.1 Å². The third kappa shape index (κ3) is 4.31. The van der Waals surface area contributed by atoms with E-state index in [0.29, 0.717) is 12.2 Å². The number of hydrogen-bond acceptors (Lipinski definition) is 8. The summed E-state index contributed by atoms with van der Waals surface area (Å²) in [7, 11) is 1.58. The Bertz CT molecular complexity index is 1510. The lowest BCUT2D eigenvalue weighted by Gasteiger charge is -2.25. The van der Waals surface area contributed by atoms with E-state index in [-0.39, 0.29) is 12.2 Å². The largest absolute Gasteiger partial charge is 0.497 e. The van der Waals surface area contributed by atoms with Crippen molar-refractivity contribution in [3.05, 3.63) is 95.8 Å². The predicted molar refractivity (Wildman–Crippen MR) is 138 cm³/mol. The number of carbonyl (C=O) groups excluding carboxylic acids is 3. The van der Waals surface area contributed by atoms with Crippen LogP contribution in [0, 0.1) is 5.82 Å². The number of ether oxygens (including phenoxy) is 1. The normalized spacial score (nSPS) is 21.9. The number of rotatable bonds is 6. The van der Waals surface area contributed by atoms with Gasteiger partial charge >= 0.3 is 0 Å². The van der Waals surface area contributed by atoms with E-state index >= 15 is 0 Å². The number of benzene rings is 3. The van der Waals surface area contributed by atoms with E-state index in [1.165, 1.54) is 28.2 Å². The molecule has 3 heterocycles. The minimum absolute atomic E-state index is 0.108. The summed E-state index contributed by atoms with van der Waals surface area (Å²) in [6, 6.07) is 19.6. The molecule has 3 amide bonds. The van der Waals surface area contributed by atoms with Crippen LogP contribution in [-0.4, -0.2) is 59.2 Å². The second-order valence-corrected chi connectivity index (χ2v) is 9.33. The van der Waals surface area contributed by atoms with E-state index in [0.717, 1.165) is 27.8 Å². The van der Waals surface area contributed by atoms with Crippen LogP contribution in [0.5, 0.6) is 5.75 Å². The zero-order valence-electron chi connectivity index (χ0n) is 20.8. The van der Waals surface area contributed by atoms with Crippen molar-refractivity contribution in [3.8, 4) is 5.75 Å². The van der Waals surface area contributed by atoms with Crippen LogP contribution in [0.15, 0.2) is 94.3 Å². The van der Waals surface area contributed by atoms with E-state index in [2.05, 4.69) is 15.4 Å². The molecule has 0 radical (unpaired) electrons. The molecule has 1 saturated heterocycles. The molecule has 10 nitrogen and oxygen atoms in total. The zero-order chi connectivity index (χ0) is 27.1. The Balaban J connectivity index is 1.26. The Morgan fingerprint density at radius 3 is 2.49 bits per heavy atom. The quantitative estimate of drug-likeness (QED) is 0.457. The van der Waals surface area contributed by atoms with Crippen molar-refractivity contribution in [1.29, 1.82) is 0 Å². The van der Waals surface area contributed by atoms with Crippen LogP contribution in [0.2, 0.25) is 0 Å². The summed E-state index contributed by atoms with van der Waals surface area (Å²) >= 11 is 0. The van der Waals surface area contributed by atoms with Crippen LogP contribution in [0.1, 0.15) is 23.6 Å². The lowest BCUT2D eigenvalue weighted by Crippen LogP contribution is -2.44. The van der Waals surface area contributed by atoms with Crippen LogP contribution in [0.25, 0.3) is 0 Å². The van der Waals surface area contributed by atoms with Gasteiger partial charge in [0.2, 0.25) is 0 Å². The molecule has 39 heavy (non-hydrogen) atoms. The summed E-state index contributed by atoms with van der Waals surface area (Å²) in [6.45, 7) is -0.321. The molecule has 0 aromatic heterocycles. The topological polar surface area (TPSA) is 107 Å². The molecule has 6 rings (SSSR count). The number of hydrazone groups is 1. The summed E-state index contributed by atoms with van der Waals surface area (Å²) in [5.74, 6) is -1.53. The average Bonchev–Trinajstić information content (AvgIpc) is 3.65. The van der Waals surface area contributed by atoms with Crippen LogP contribution >= 0.6 is 0 Å². The first-order valence-corrected chi connectivity index (χ1v) is 12.3. The molecule has 3 aromatic carbocycles. The van der Waals surface area contributed by atoms with Gasteiger partial charge in [0.05, 0.1) is 24.6 Å². The molecule has 0 aliphatic carbocycles. The van der Waals surface area contributed by atoms with Crippen LogP contribution < -0.4 is 9.64 Å². The lowest BCUT2D eigenvalue weighted by atomic mass is 9.98. The molecule has 0 unspecified atom stereocenters. The average molecular weight is 527 g/mol. The fourth-order valence-electron chi connectivity index (χ4n) is 5.07. The standard InChI is InChI=1S/C28H23FN6O4/c1-39-21-12-10-18(11-13-21)23-15-22(17-6-3-2-4-7-17)31-35(23)24(36)16-33-26-25(30-32-33)27(37)34(28(26)38)20-9-5-8-19(29)14-20/h2-14,23,25-26H,15-16H2,1H3/t23-,25+,26-/m1/s1. The molecule has 0 bridgehead atoms. The maximum atomic E-state index is 13.8. The number of carbonyl (C=O) groups is 3. The third-order valence-electron chi connectivity index (χ3n) is 7.00. The van der Waals surface area contributed by atoms with E-state index in [1.54, 1.807) is 7.11 Å². The molecule has 3 atom stereocenters. The monoisotopic (exact) mass is 526 g/mol. The van der Waals surface area contributed by atoms with Crippen molar-refractivity contribution >= 4 is 29.1 Å². The van der Waals surface area contributed by atoms with Gasteiger partial charge in [-0.2, -0.15) is 10.2 Å². The first kappa shape index (κ1) is 24.4. The second-order valence-electron chi connectivity index (χ2n) is 9.33. The van der Waals surface area contributed by atoms with Gasteiger partial charge in [0.1, 0.15) is 18.1 Å². The molecule has 3 aliphatic heterocycles. The number of nitrogens with zero attached hydrogens (tertiary/aromatic N) is 6. The first-order chi connectivity index (χ1) is 18.9. The molecular formula is C28H23FN6O4. The summed E-state index contributed by atoms with van der Waals surface area (Å²) < 4.78 is 19.1. The van der Waals surface area contributed by atoms with Gasteiger partial charge in [-0.3, -0.25) is 19.4 Å². The number of hydrogen-bond donors (Lipinski definition) is 0.